The van der Waals surface area contributed by atoms with Crippen LogP contribution < -0.4 is 10.6 Å². The van der Waals surface area contributed by atoms with Crippen LogP contribution in [0.3, 0.4) is 0 Å². The Labute approximate surface area is 239 Å². The van der Waals surface area contributed by atoms with Crippen molar-refractivity contribution in [2.24, 2.45) is 0 Å². The minimum atomic E-state index is -0.992. The van der Waals surface area contributed by atoms with Crippen LogP contribution in [0.15, 0.2) is 72.9 Å². The third-order valence-corrected chi connectivity index (χ3v) is 7.41. The van der Waals surface area contributed by atoms with Crippen molar-refractivity contribution in [1.82, 2.24) is 15.2 Å². The summed E-state index contributed by atoms with van der Waals surface area (Å²) in [5, 5.41) is 6.33. The third kappa shape index (κ3) is 8.36. The molecule has 7 nitrogen and oxygen atoms in total. The van der Waals surface area contributed by atoms with E-state index in [4.69, 9.17) is 11.6 Å². The molecule has 2 N–H and O–H groups in total. The molecule has 4 rings (SSSR count). The van der Waals surface area contributed by atoms with Crippen molar-refractivity contribution in [2.75, 3.05) is 5.32 Å². The zero-order valence-electron chi connectivity index (χ0n) is 22.3. The van der Waals surface area contributed by atoms with Crippen molar-refractivity contribution in [3.63, 3.8) is 0 Å². The van der Waals surface area contributed by atoms with Crippen LogP contribution in [0.4, 0.5) is 10.2 Å². The Morgan fingerprint density at radius 3 is 2.38 bits per heavy atom. The number of pyridine rings is 1. The summed E-state index contributed by atoms with van der Waals surface area (Å²) >= 11 is 6.46. The third-order valence-electron chi connectivity index (χ3n) is 7.04. The molecule has 0 unspecified atom stereocenters. The maximum atomic E-state index is 13.8. The van der Waals surface area contributed by atoms with Crippen LogP contribution >= 0.6 is 11.6 Å². The van der Waals surface area contributed by atoms with Crippen molar-refractivity contribution < 1.29 is 18.8 Å². The van der Waals surface area contributed by atoms with E-state index in [-0.39, 0.29) is 49.6 Å². The topological polar surface area (TPSA) is 91.4 Å². The monoisotopic (exact) mass is 564 g/mol. The van der Waals surface area contributed by atoms with Crippen LogP contribution in [-0.4, -0.2) is 33.6 Å². The van der Waals surface area contributed by atoms with Crippen LogP contribution in [0.5, 0.6) is 0 Å². The Morgan fingerprint density at radius 1 is 0.950 bits per heavy atom. The molecule has 0 saturated heterocycles. The van der Waals surface area contributed by atoms with Gasteiger partial charge in [0.05, 0.1) is 0 Å². The average molecular weight is 565 g/mol. The second-order valence-electron chi connectivity index (χ2n) is 10.0. The number of carbonyl (C=O) groups excluding carboxylic acids is 3. The minimum absolute atomic E-state index is 0.0248. The predicted molar refractivity (Wildman–Crippen MR) is 153 cm³/mol. The number of aromatic nitrogens is 1. The lowest BCUT2D eigenvalue weighted by atomic mass is 9.94. The van der Waals surface area contributed by atoms with Crippen molar-refractivity contribution in [3.05, 3.63) is 94.9 Å². The zero-order chi connectivity index (χ0) is 28.3. The molecule has 1 fully saturated rings. The molecule has 9 heteroatoms. The standard InChI is InChI=1S/C31H34ClFN4O3/c32-26-12-5-4-9-23(26)21-37(29(39)15-8-14-28(38)36-27-13-6-7-20-34-27)30(22-16-18-24(33)19-17-22)31(40)35-25-10-2-1-3-11-25/h4-7,9,12-13,16-20,25,30H,1-3,8,10-11,14-15,21H2,(H,35,40)(H,34,36,38)/t30-/m0/s1. The van der Waals surface area contributed by atoms with Gasteiger partial charge >= 0.3 is 0 Å². The van der Waals surface area contributed by atoms with Crippen LogP contribution in [0.25, 0.3) is 0 Å². The molecule has 210 valence electrons. The number of benzene rings is 2. The van der Waals surface area contributed by atoms with E-state index < -0.39 is 11.9 Å². The molecule has 0 bridgehead atoms. The Bertz CT molecular complexity index is 1280. The first kappa shape index (κ1) is 29.2. The number of nitrogens with one attached hydrogen (secondary N) is 2. The molecule has 0 aliphatic heterocycles. The second-order valence-corrected chi connectivity index (χ2v) is 10.4. The van der Waals surface area contributed by atoms with Crippen molar-refractivity contribution in [3.8, 4) is 0 Å². The van der Waals surface area contributed by atoms with E-state index in [0.29, 0.717) is 22.0 Å². The first-order chi connectivity index (χ1) is 19.4. The van der Waals surface area contributed by atoms with Gasteiger partial charge in [0.2, 0.25) is 17.7 Å². The van der Waals surface area contributed by atoms with Crippen molar-refractivity contribution >= 4 is 35.1 Å². The average Bonchev–Trinajstić information content (AvgIpc) is 2.95. The molecule has 3 aromatic rings. The lowest BCUT2D eigenvalue weighted by molar-refractivity contribution is -0.142. The number of amides is 3. The number of nitrogens with zero attached hydrogens (tertiary/aromatic N) is 2. The van der Waals surface area contributed by atoms with Gasteiger partial charge in [0.25, 0.3) is 0 Å². The number of carbonyl (C=O) groups is 3. The lowest BCUT2D eigenvalue weighted by Gasteiger charge is -2.34. The molecular weight excluding hydrogens is 531 g/mol. The molecule has 1 aliphatic rings. The van der Waals surface area contributed by atoms with Gasteiger partial charge in [0, 0.05) is 36.6 Å². The number of hydrogen-bond acceptors (Lipinski definition) is 4. The molecular formula is C31H34ClFN4O3. The van der Waals surface area contributed by atoms with Crippen molar-refractivity contribution in [2.45, 2.75) is 70.0 Å². The fraction of sp³-hybridized carbons (Fsp3) is 0.355. The van der Waals surface area contributed by atoms with E-state index in [1.165, 1.54) is 29.2 Å². The normalized spacial score (nSPS) is 14.2. The number of halogens is 2. The number of hydrogen-bond donors (Lipinski definition) is 2. The summed E-state index contributed by atoms with van der Waals surface area (Å²) in [6.07, 6.45) is 6.98. The summed E-state index contributed by atoms with van der Waals surface area (Å²) in [6, 6.07) is 17.1. The van der Waals surface area contributed by atoms with Gasteiger partial charge in [-0.15, -0.1) is 0 Å². The second kappa shape index (κ2) is 14.6. The molecule has 1 aromatic heterocycles. The van der Waals surface area contributed by atoms with Gasteiger partial charge in [-0.1, -0.05) is 67.3 Å². The van der Waals surface area contributed by atoms with Gasteiger partial charge in [-0.25, -0.2) is 9.37 Å². The molecule has 1 atom stereocenters. The zero-order valence-corrected chi connectivity index (χ0v) is 23.1. The summed E-state index contributed by atoms with van der Waals surface area (Å²) in [5.41, 5.74) is 1.19. The fourth-order valence-electron chi connectivity index (χ4n) is 4.96. The predicted octanol–water partition coefficient (Wildman–Crippen LogP) is 6.20. The lowest BCUT2D eigenvalue weighted by Crippen LogP contribution is -2.46. The van der Waals surface area contributed by atoms with Crippen LogP contribution in [-0.2, 0) is 20.9 Å². The highest BCUT2D eigenvalue weighted by atomic mass is 35.5. The number of anilines is 1. The van der Waals surface area contributed by atoms with Gasteiger partial charge in [0.1, 0.15) is 17.7 Å². The molecule has 2 aromatic carbocycles. The quantitative estimate of drug-likeness (QED) is 0.290. The first-order valence-electron chi connectivity index (χ1n) is 13.7. The molecule has 1 saturated carbocycles. The largest absolute Gasteiger partial charge is 0.351 e. The van der Waals surface area contributed by atoms with Gasteiger partial charge < -0.3 is 15.5 Å². The van der Waals surface area contributed by atoms with E-state index >= 15 is 0 Å². The minimum Gasteiger partial charge on any atom is -0.351 e. The van der Waals surface area contributed by atoms with Crippen LogP contribution in [0.1, 0.15) is 68.5 Å². The van der Waals surface area contributed by atoms with E-state index in [2.05, 4.69) is 15.6 Å². The highest BCUT2D eigenvalue weighted by Gasteiger charge is 2.33. The highest BCUT2D eigenvalue weighted by Crippen LogP contribution is 2.29. The van der Waals surface area contributed by atoms with Gasteiger partial charge in [-0.05, 0) is 60.7 Å². The fourth-order valence-corrected chi connectivity index (χ4v) is 5.16. The van der Waals surface area contributed by atoms with Crippen LogP contribution in [0.2, 0.25) is 5.02 Å². The Hall–Kier alpha value is -3.78. The van der Waals surface area contributed by atoms with Gasteiger partial charge in [-0.2, -0.15) is 0 Å². The van der Waals surface area contributed by atoms with E-state index in [0.717, 1.165) is 32.1 Å². The summed E-state index contributed by atoms with van der Waals surface area (Å²) in [5.74, 6) is -0.868. The highest BCUT2D eigenvalue weighted by molar-refractivity contribution is 6.31. The molecule has 0 spiro atoms. The van der Waals surface area contributed by atoms with Crippen LogP contribution in [0, 0.1) is 5.82 Å². The molecule has 40 heavy (non-hydrogen) atoms. The molecule has 1 heterocycles. The SMILES string of the molecule is O=C(CCCC(=O)N(Cc1ccccc1Cl)[C@H](C(=O)NC1CCCCC1)c1ccc(F)cc1)Nc1ccccn1. The Kier molecular flexibility index (Phi) is 10.6. The Balaban J connectivity index is 1.55. The molecule has 3 amide bonds. The van der Waals surface area contributed by atoms with Crippen molar-refractivity contribution in [1.29, 1.82) is 0 Å². The van der Waals surface area contributed by atoms with E-state index in [1.807, 2.05) is 12.1 Å². The van der Waals surface area contributed by atoms with Gasteiger partial charge in [-0.3, -0.25) is 14.4 Å². The van der Waals surface area contributed by atoms with Gasteiger partial charge in [0.15, 0.2) is 0 Å². The summed E-state index contributed by atoms with van der Waals surface area (Å²) < 4.78 is 13.8. The number of rotatable bonds is 11. The first-order valence-corrected chi connectivity index (χ1v) is 14.1. The summed E-state index contributed by atoms with van der Waals surface area (Å²) in [7, 11) is 0. The summed E-state index contributed by atoms with van der Waals surface area (Å²) in [6.45, 7) is 0.0821. The molecule has 1 aliphatic carbocycles. The van der Waals surface area contributed by atoms with E-state index in [1.54, 1.807) is 36.5 Å². The smallest absolute Gasteiger partial charge is 0.247 e. The van der Waals surface area contributed by atoms with E-state index in [9.17, 15) is 18.8 Å². The maximum absolute atomic E-state index is 13.8. The summed E-state index contributed by atoms with van der Waals surface area (Å²) in [4.78, 5) is 45.6. The Morgan fingerprint density at radius 2 is 1.68 bits per heavy atom. The molecule has 0 radical (unpaired) electrons. The maximum Gasteiger partial charge on any atom is 0.247 e.